The van der Waals surface area contributed by atoms with Gasteiger partial charge in [0, 0.05) is 29.7 Å². The monoisotopic (exact) mass is 276 g/mol. The molecule has 0 unspecified atom stereocenters. The van der Waals surface area contributed by atoms with Gasteiger partial charge in [0.15, 0.2) is 0 Å². The third kappa shape index (κ3) is 3.44. The van der Waals surface area contributed by atoms with Crippen molar-refractivity contribution in [3.63, 3.8) is 0 Å². The van der Waals surface area contributed by atoms with Crippen LogP contribution in [-0.2, 0) is 6.54 Å². The Morgan fingerprint density at radius 1 is 1.37 bits per heavy atom. The van der Waals surface area contributed by atoms with Gasteiger partial charge in [-0.1, -0.05) is 6.07 Å². The van der Waals surface area contributed by atoms with Crippen LogP contribution in [0.1, 0.15) is 24.3 Å². The second kappa shape index (κ2) is 6.52. The largest absolute Gasteiger partial charge is 0.354 e. The molecule has 0 aliphatic heterocycles. The molecule has 0 saturated heterocycles. The fraction of sp³-hybridized carbons (Fsp3) is 0.429. The third-order valence-corrected chi connectivity index (χ3v) is 3.75. The third-order valence-electron chi connectivity index (χ3n) is 2.89. The molecule has 2 aromatic heterocycles. The normalized spacial score (nSPS) is 10.5. The number of nitrogens with one attached hydrogen (secondary N) is 1. The van der Waals surface area contributed by atoms with Crippen LogP contribution >= 0.6 is 11.3 Å². The Hall–Kier alpha value is -1.62. The summed E-state index contributed by atoms with van der Waals surface area (Å²) in [5.41, 5.74) is 1.11. The van der Waals surface area contributed by atoms with E-state index in [0.717, 1.165) is 31.0 Å². The summed E-state index contributed by atoms with van der Waals surface area (Å²) < 4.78 is 0. The van der Waals surface area contributed by atoms with Crippen LogP contribution in [0.4, 0.5) is 11.8 Å². The number of hydrogen-bond acceptors (Lipinski definition) is 5. The molecule has 2 heterocycles. The van der Waals surface area contributed by atoms with Crippen molar-refractivity contribution in [3.8, 4) is 0 Å². The summed E-state index contributed by atoms with van der Waals surface area (Å²) in [4.78, 5) is 12.6. The van der Waals surface area contributed by atoms with E-state index in [1.54, 1.807) is 11.3 Å². The first-order valence-electron chi connectivity index (χ1n) is 6.59. The van der Waals surface area contributed by atoms with Crippen molar-refractivity contribution in [1.29, 1.82) is 0 Å². The van der Waals surface area contributed by atoms with Crippen LogP contribution in [0.25, 0.3) is 0 Å². The van der Waals surface area contributed by atoms with Gasteiger partial charge in [0.25, 0.3) is 0 Å². The van der Waals surface area contributed by atoms with E-state index in [0.29, 0.717) is 5.95 Å². The molecule has 102 valence electrons. The van der Waals surface area contributed by atoms with Crippen LogP contribution in [-0.4, -0.2) is 23.1 Å². The molecule has 0 saturated carbocycles. The molecule has 0 bridgehead atoms. The van der Waals surface area contributed by atoms with Gasteiger partial charge in [-0.2, -0.15) is 4.98 Å². The Kier molecular flexibility index (Phi) is 4.74. The number of hydrogen-bond donors (Lipinski definition) is 1. The maximum Gasteiger partial charge on any atom is 0.224 e. The SMILES string of the molecule is CCNc1ncc(C)c(N(CC)Cc2cccs2)n1. The minimum absolute atomic E-state index is 0.702. The van der Waals surface area contributed by atoms with E-state index in [2.05, 4.69) is 51.5 Å². The molecule has 0 aromatic carbocycles. The maximum atomic E-state index is 4.62. The molecule has 0 amide bonds. The smallest absolute Gasteiger partial charge is 0.224 e. The number of anilines is 2. The summed E-state index contributed by atoms with van der Waals surface area (Å²) >= 11 is 1.78. The summed E-state index contributed by atoms with van der Waals surface area (Å²) in [5, 5.41) is 5.28. The highest BCUT2D eigenvalue weighted by Gasteiger charge is 2.12. The van der Waals surface area contributed by atoms with Gasteiger partial charge in [0.05, 0.1) is 6.54 Å². The molecule has 2 aromatic rings. The van der Waals surface area contributed by atoms with Gasteiger partial charge < -0.3 is 10.2 Å². The zero-order valence-electron chi connectivity index (χ0n) is 11.7. The number of aryl methyl sites for hydroxylation is 1. The van der Waals surface area contributed by atoms with Gasteiger partial charge in [-0.3, -0.25) is 0 Å². The highest BCUT2D eigenvalue weighted by molar-refractivity contribution is 7.09. The molecule has 0 aliphatic carbocycles. The molecule has 19 heavy (non-hydrogen) atoms. The van der Waals surface area contributed by atoms with Gasteiger partial charge in [-0.05, 0) is 32.2 Å². The Balaban J connectivity index is 2.23. The summed E-state index contributed by atoms with van der Waals surface area (Å²) in [5.74, 6) is 1.72. The molecular weight excluding hydrogens is 256 g/mol. The molecule has 0 spiro atoms. The standard InChI is InChI=1S/C14H20N4S/c1-4-15-14-16-9-11(3)13(17-14)18(5-2)10-12-7-6-8-19-12/h6-9H,4-5,10H2,1-3H3,(H,15,16,17). The summed E-state index contributed by atoms with van der Waals surface area (Å²) in [6.07, 6.45) is 1.89. The van der Waals surface area contributed by atoms with Crippen LogP contribution in [0.3, 0.4) is 0 Å². The fourth-order valence-electron chi connectivity index (χ4n) is 1.92. The lowest BCUT2D eigenvalue weighted by atomic mass is 10.3. The summed E-state index contributed by atoms with van der Waals surface area (Å²) in [6.45, 7) is 8.93. The Labute approximate surface area is 118 Å². The van der Waals surface area contributed by atoms with Crippen LogP contribution in [0.15, 0.2) is 23.7 Å². The van der Waals surface area contributed by atoms with Crippen molar-refractivity contribution in [2.24, 2.45) is 0 Å². The summed E-state index contributed by atoms with van der Waals surface area (Å²) in [6, 6.07) is 4.25. The lowest BCUT2D eigenvalue weighted by Gasteiger charge is -2.23. The molecule has 0 aliphatic rings. The molecule has 2 rings (SSSR count). The highest BCUT2D eigenvalue weighted by atomic mass is 32.1. The quantitative estimate of drug-likeness (QED) is 0.879. The zero-order chi connectivity index (χ0) is 13.7. The van der Waals surface area contributed by atoms with Gasteiger partial charge in [-0.15, -0.1) is 11.3 Å². The predicted molar refractivity (Wildman–Crippen MR) is 82.0 cm³/mol. The van der Waals surface area contributed by atoms with E-state index in [4.69, 9.17) is 0 Å². The minimum Gasteiger partial charge on any atom is -0.354 e. The molecule has 1 N–H and O–H groups in total. The maximum absolute atomic E-state index is 4.62. The first-order valence-corrected chi connectivity index (χ1v) is 7.47. The first kappa shape index (κ1) is 13.8. The van der Waals surface area contributed by atoms with Crippen LogP contribution < -0.4 is 10.2 Å². The molecule has 5 heteroatoms. The lowest BCUT2D eigenvalue weighted by Crippen LogP contribution is -2.24. The minimum atomic E-state index is 0.702. The van der Waals surface area contributed by atoms with E-state index in [1.807, 2.05) is 13.1 Å². The number of aromatic nitrogens is 2. The van der Waals surface area contributed by atoms with Crippen LogP contribution in [0.5, 0.6) is 0 Å². The highest BCUT2D eigenvalue weighted by Crippen LogP contribution is 2.21. The van der Waals surface area contributed by atoms with Crippen molar-refractivity contribution < 1.29 is 0 Å². The molecular formula is C14H20N4S. The summed E-state index contributed by atoms with van der Waals surface area (Å²) in [7, 11) is 0. The Morgan fingerprint density at radius 2 is 2.21 bits per heavy atom. The average molecular weight is 276 g/mol. The number of nitrogens with zero attached hydrogens (tertiary/aromatic N) is 3. The van der Waals surface area contributed by atoms with Crippen LogP contribution in [0, 0.1) is 6.92 Å². The van der Waals surface area contributed by atoms with Crippen molar-refractivity contribution in [3.05, 3.63) is 34.2 Å². The van der Waals surface area contributed by atoms with Gasteiger partial charge in [0.2, 0.25) is 5.95 Å². The van der Waals surface area contributed by atoms with Gasteiger partial charge >= 0.3 is 0 Å². The van der Waals surface area contributed by atoms with E-state index in [9.17, 15) is 0 Å². The Morgan fingerprint density at radius 3 is 2.84 bits per heavy atom. The Bertz CT molecular complexity index is 510. The first-order chi connectivity index (χ1) is 9.24. The number of rotatable bonds is 6. The van der Waals surface area contributed by atoms with Crippen LogP contribution in [0.2, 0.25) is 0 Å². The molecule has 0 fully saturated rings. The van der Waals surface area contributed by atoms with Gasteiger partial charge in [0.1, 0.15) is 5.82 Å². The van der Waals surface area contributed by atoms with E-state index >= 15 is 0 Å². The second-order valence-electron chi connectivity index (χ2n) is 4.32. The van der Waals surface area contributed by atoms with Crippen molar-refractivity contribution in [2.45, 2.75) is 27.3 Å². The van der Waals surface area contributed by atoms with E-state index < -0.39 is 0 Å². The van der Waals surface area contributed by atoms with Gasteiger partial charge in [-0.25, -0.2) is 4.98 Å². The zero-order valence-corrected chi connectivity index (χ0v) is 12.5. The molecule has 0 radical (unpaired) electrons. The second-order valence-corrected chi connectivity index (χ2v) is 5.36. The lowest BCUT2D eigenvalue weighted by molar-refractivity contribution is 0.813. The molecule has 4 nitrogen and oxygen atoms in total. The molecule has 0 atom stereocenters. The van der Waals surface area contributed by atoms with Crippen molar-refractivity contribution in [2.75, 3.05) is 23.3 Å². The van der Waals surface area contributed by atoms with E-state index in [-0.39, 0.29) is 0 Å². The average Bonchev–Trinajstić information content (AvgIpc) is 2.92. The number of thiophene rings is 1. The fourth-order valence-corrected chi connectivity index (χ4v) is 2.64. The topological polar surface area (TPSA) is 41.1 Å². The van der Waals surface area contributed by atoms with Crippen molar-refractivity contribution >= 4 is 23.1 Å². The van der Waals surface area contributed by atoms with E-state index in [1.165, 1.54) is 4.88 Å². The predicted octanol–water partition coefficient (Wildman–Crippen LogP) is 3.30. The van der Waals surface area contributed by atoms with Crippen molar-refractivity contribution in [1.82, 2.24) is 9.97 Å².